The molecule has 7 heteroatoms. The molecule has 0 spiro atoms. The molecule has 0 saturated carbocycles. The molecule has 0 fully saturated rings. The fourth-order valence-corrected chi connectivity index (χ4v) is 2.14. The van der Waals surface area contributed by atoms with E-state index in [4.69, 9.17) is 39.5 Å². The molecule has 104 valence electrons. The summed E-state index contributed by atoms with van der Waals surface area (Å²) in [5.74, 6) is 1.03. The summed E-state index contributed by atoms with van der Waals surface area (Å²) in [6.45, 7) is 0. The summed E-state index contributed by atoms with van der Waals surface area (Å²) in [4.78, 5) is 10.1. The van der Waals surface area contributed by atoms with Crippen LogP contribution in [0.5, 0.6) is 11.5 Å². The summed E-state index contributed by atoms with van der Waals surface area (Å²) in [6.07, 6.45) is 0. The van der Waals surface area contributed by atoms with Crippen LogP contribution in [-0.2, 0) is 5.88 Å². The zero-order chi connectivity index (χ0) is 14.7. The normalized spacial score (nSPS) is 10.3. The third-order valence-electron chi connectivity index (χ3n) is 2.50. The lowest BCUT2D eigenvalue weighted by atomic mass is 10.2. The lowest BCUT2D eigenvalue weighted by Gasteiger charge is -2.09. The summed E-state index contributed by atoms with van der Waals surface area (Å²) in [7, 11) is 0. The molecule has 2 rings (SSSR count). The largest absolute Gasteiger partial charge is 0.454 e. The van der Waals surface area contributed by atoms with Gasteiger partial charge in [-0.05, 0) is 23.8 Å². The van der Waals surface area contributed by atoms with Crippen molar-refractivity contribution in [1.82, 2.24) is 0 Å². The summed E-state index contributed by atoms with van der Waals surface area (Å²) >= 11 is 17.7. The Hall–Kier alpha value is -1.49. The van der Waals surface area contributed by atoms with Gasteiger partial charge in [0, 0.05) is 18.0 Å². The summed E-state index contributed by atoms with van der Waals surface area (Å²) < 4.78 is 5.54. The molecule has 0 aliphatic heterocycles. The molecule has 0 aromatic heterocycles. The van der Waals surface area contributed by atoms with Gasteiger partial charge in [0.15, 0.2) is 0 Å². The highest BCUT2D eigenvalue weighted by Crippen LogP contribution is 2.35. The van der Waals surface area contributed by atoms with Gasteiger partial charge in [0.2, 0.25) is 0 Å². The lowest BCUT2D eigenvalue weighted by Crippen LogP contribution is -1.91. The Balaban J connectivity index is 2.28. The van der Waals surface area contributed by atoms with E-state index >= 15 is 0 Å². The fourth-order valence-electron chi connectivity index (χ4n) is 1.51. The first-order chi connectivity index (χ1) is 9.51. The quantitative estimate of drug-likeness (QED) is 0.426. The Morgan fingerprint density at radius 3 is 2.15 bits per heavy atom. The van der Waals surface area contributed by atoms with Crippen LogP contribution in [-0.4, -0.2) is 4.92 Å². The van der Waals surface area contributed by atoms with E-state index in [1.54, 1.807) is 18.2 Å². The van der Waals surface area contributed by atoms with E-state index in [1.165, 1.54) is 18.2 Å². The van der Waals surface area contributed by atoms with Crippen LogP contribution in [0.25, 0.3) is 0 Å². The smallest absolute Gasteiger partial charge is 0.271 e. The van der Waals surface area contributed by atoms with E-state index in [2.05, 4.69) is 0 Å². The number of benzene rings is 2. The van der Waals surface area contributed by atoms with E-state index in [-0.39, 0.29) is 16.5 Å². The van der Waals surface area contributed by atoms with Gasteiger partial charge < -0.3 is 4.74 Å². The highest BCUT2D eigenvalue weighted by atomic mass is 35.5. The summed E-state index contributed by atoms with van der Waals surface area (Å²) in [6, 6.07) is 9.07. The number of nitro benzene ring substituents is 1. The van der Waals surface area contributed by atoms with Crippen molar-refractivity contribution in [1.29, 1.82) is 0 Å². The van der Waals surface area contributed by atoms with Gasteiger partial charge in [-0.3, -0.25) is 10.1 Å². The van der Waals surface area contributed by atoms with Gasteiger partial charge in [0.25, 0.3) is 5.69 Å². The molecule has 0 radical (unpaired) electrons. The van der Waals surface area contributed by atoms with Crippen LogP contribution >= 0.6 is 34.8 Å². The number of alkyl halides is 1. The van der Waals surface area contributed by atoms with Crippen LogP contribution in [0.2, 0.25) is 10.0 Å². The van der Waals surface area contributed by atoms with Gasteiger partial charge in [-0.2, -0.15) is 0 Å². The average molecular weight is 333 g/mol. The number of rotatable bonds is 4. The SMILES string of the molecule is O=[N+]([O-])c1ccc(Oc2ccc(CCl)cc2Cl)c(Cl)c1. The maximum Gasteiger partial charge on any atom is 0.271 e. The van der Waals surface area contributed by atoms with Crippen molar-refractivity contribution in [2.75, 3.05) is 0 Å². The van der Waals surface area contributed by atoms with E-state index in [0.29, 0.717) is 16.7 Å². The first-order valence-electron chi connectivity index (χ1n) is 5.47. The standard InChI is InChI=1S/C13H8Cl3NO3/c14-7-8-1-3-12(10(15)5-8)20-13-4-2-9(17(18)19)6-11(13)16/h1-6H,7H2. The Morgan fingerprint density at radius 2 is 1.65 bits per heavy atom. The Labute approximate surface area is 130 Å². The van der Waals surface area contributed by atoms with Crippen LogP contribution < -0.4 is 4.74 Å². The number of ether oxygens (including phenoxy) is 1. The minimum absolute atomic E-state index is 0.106. The molecule has 0 unspecified atom stereocenters. The molecule has 2 aromatic rings. The zero-order valence-corrected chi connectivity index (χ0v) is 12.2. The second-order valence-electron chi connectivity index (χ2n) is 3.87. The maximum absolute atomic E-state index is 10.6. The number of halogens is 3. The van der Waals surface area contributed by atoms with Crippen LogP contribution in [0.1, 0.15) is 5.56 Å². The molecule has 0 atom stereocenters. The van der Waals surface area contributed by atoms with Crippen molar-refractivity contribution in [3.63, 3.8) is 0 Å². The molecule has 0 aliphatic rings. The average Bonchev–Trinajstić information content (AvgIpc) is 2.42. The minimum Gasteiger partial charge on any atom is -0.454 e. The highest BCUT2D eigenvalue weighted by Gasteiger charge is 2.12. The van der Waals surface area contributed by atoms with Crippen LogP contribution in [0, 0.1) is 10.1 Å². The molecular weight excluding hydrogens is 325 g/mol. The van der Waals surface area contributed by atoms with Crippen molar-refractivity contribution >= 4 is 40.5 Å². The number of non-ortho nitro benzene ring substituents is 1. The molecule has 20 heavy (non-hydrogen) atoms. The van der Waals surface area contributed by atoms with Gasteiger partial charge in [0.1, 0.15) is 11.5 Å². The molecule has 2 aromatic carbocycles. The lowest BCUT2D eigenvalue weighted by molar-refractivity contribution is -0.384. The maximum atomic E-state index is 10.6. The first kappa shape index (κ1) is 14.9. The zero-order valence-electron chi connectivity index (χ0n) is 9.98. The predicted octanol–water partition coefficient (Wildman–Crippen LogP) is 5.43. The third kappa shape index (κ3) is 3.33. The van der Waals surface area contributed by atoms with E-state index < -0.39 is 4.92 Å². The Morgan fingerprint density at radius 1 is 1.05 bits per heavy atom. The molecule has 0 saturated heterocycles. The van der Waals surface area contributed by atoms with Crippen molar-refractivity contribution in [2.24, 2.45) is 0 Å². The minimum atomic E-state index is -0.530. The molecule has 0 aliphatic carbocycles. The van der Waals surface area contributed by atoms with E-state index in [0.717, 1.165) is 5.56 Å². The Bertz CT molecular complexity index is 661. The van der Waals surface area contributed by atoms with Crippen molar-refractivity contribution in [2.45, 2.75) is 5.88 Å². The number of hydrogen-bond acceptors (Lipinski definition) is 3. The number of nitro groups is 1. The van der Waals surface area contributed by atoms with Crippen LogP contribution in [0.4, 0.5) is 5.69 Å². The molecular formula is C13H8Cl3NO3. The number of hydrogen-bond donors (Lipinski definition) is 0. The van der Waals surface area contributed by atoms with Gasteiger partial charge in [-0.15, -0.1) is 11.6 Å². The van der Waals surface area contributed by atoms with Crippen LogP contribution in [0.3, 0.4) is 0 Å². The number of nitrogens with zero attached hydrogens (tertiary/aromatic N) is 1. The second kappa shape index (κ2) is 6.31. The summed E-state index contributed by atoms with van der Waals surface area (Å²) in [5, 5.41) is 11.1. The van der Waals surface area contributed by atoms with Gasteiger partial charge in [-0.1, -0.05) is 29.3 Å². The van der Waals surface area contributed by atoms with E-state index in [9.17, 15) is 10.1 Å². The topological polar surface area (TPSA) is 52.4 Å². The molecule has 0 bridgehead atoms. The summed E-state index contributed by atoms with van der Waals surface area (Å²) in [5.41, 5.74) is 0.754. The van der Waals surface area contributed by atoms with Crippen molar-refractivity contribution < 1.29 is 9.66 Å². The Kier molecular flexibility index (Phi) is 4.70. The molecule has 0 heterocycles. The second-order valence-corrected chi connectivity index (χ2v) is 4.95. The third-order valence-corrected chi connectivity index (χ3v) is 3.40. The van der Waals surface area contributed by atoms with E-state index in [1.807, 2.05) is 0 Å². The van der Waals surface area contributed by atoms with Gasteiger partial charge in [-0.25, -0.2) is 0 Å². The molecule has 0 amide bonds. The first-order valence-corrected chi connectivity index (χ1v) is 6.76. The molecule has 0 N–H and O–H groups in total. The fraction of sp³-hybridized carbons (Fsp3) is 0.0769. The van der Waals surface area contributed by atoms with Crippen LogP contribution in [0.15, 0.2) is 36.4 Å². The highest BCUT2D eigenvalue weighted by molar-refractivity contribution is 6.33. The molecule has 4 nitrogen and oxygen atoms in total. The van der Waals surface area contributed by atoms with Gasteiger partial charge >= 0.3 is 0 Å². The predicted molar refractivity (Wildman–Crippen MR) is 79.2 cm³/mol. The van der Waals surface area contributed by atoms with Gasteiger partial charge in [0.05, 0.1) is 15.0 Å². The van der Waals surface area contributed by atoms with Crippen molar-refractivity contribution in [3.05, 3.63) is 62.1 Å². The van der Waals surface area contributed by atoms with Crippen molar-refractivity contribution in [3.8, 4) is 11.5 Å². The monoisotopic (exact) mass is 331 g/mol.